The first-order valence-corrected chi connectivity index (χ1v) is 8.01. The number of nitrogens with one attached hydrogen (secondary N) is 1. The van der Waals surface area contributed by atoms with Crippen LogP contribution in [0.5, 0.6) is 11.5 Å². The lowest BCUT2D eigenvalue weighted by atomic mass is 10.3. The first-order valence-electron chi connectivity index (χ1n) is 8.01. The zero-order chi connectivity index (χ0) is 19.3. The summed E-state index contributed by atoms with van der Waals surface area (Å²) < 4.78 is 38.8. The number of aryl methyl sites for hydroxylation is 1. The number of fused-ring (bicyclic) bond motifs is 2. The van der Waals surface area contributed by atoms with Gasteiger partial charge < -0.3 is 19.4 Å². The van der Waals surface area contributed by atoms with Crippen molar-refractivity contribution in [1.29, 1.82) is 0 Å². The van der Waals surface area contributed by atoms with Crippen molar-refractivity contribution in [3.8, 4) is 11.5 Å². The van der Waals surface area contributed by atoms with Gasteiger partial charge in [0.15, 0.2) is 22.7 Å². The largest absolute Gasteiger partial charge is 0.586 e. The number of hydrogen-bond acceptors (Lipinski definition) is 6. The van der Waals surface area contributed by atoms with E-state index in [9.17, 15) is 18.4 Å². The zero-order valence-corrected chi connectivity index (χ0v) is 14.4. The van der Waals surface area contributed by atoms with Crippen molar-refractivity contribution in [2.24, 2.45) is 14.1 Å². The number of rotatable bonds is 4. The lowest BCUT2D eigenvalue weighted by molar-refractivity contribution is -0.286. The topological polar surface area (TPSA) is 92.3 Å². The van der Waals surface area contributed by atoms with Crippen LogP contribution < -0.4 is 26.0 Å². The SMILES string of the molecule is Cn1c(=O)c2c(ncn2CCNc2ccc3c(c2)OC(F)(F)O3)n(C)c1=O. The third-order valence-corrected chi connectivity index (χ3v) is 4.30. The van der Waals surface area contributed by atoms with Gasteiger partial charge in [-0.1, -0.05) is 0 Å². The van der Waals surface area contributed by atoms with Crippen molar-refractivity contribution in [3.05, 3.63) is 45.4 Å². The predicted octanol–water partition coefficient (Wildman–Crippen LogP) is 0.867. The third kappa shape index (κ3) is 2.80. The molecule has 1 aliphatic rings. The summed E-state index contributed by atoms with van der Waals surface area (Å²) in [5, 5.41) is 3.06. The van der Waals surface area contributed by atoms with Gasteiger partial charge in [-0.3, -0.25) is 13.9 Å². The molecule has 1 aliphatic heterocycles. The van der Waals surface area contributed by atoms with Gasteiger partial charge in [-0.05, 0) is 12.1 Å². The van der Waals surface area contributed by atoms with E-state index in [1.165, 1.54) is 30.1 Å². The van der Waals surface area contributed by atoms with Gasteiger partial charge in [0.05, 0.1) is 6.33 Å². The van der Waals surface area contributed by atoms with E-state index in [0.717, 1.165) is 4.57 Å². The molecule has 9 nitrogen and oxygen atoms in total. The smallest absolute Gasteiger partial charge is 0.395 e. The summed E-state index contributed by atoms with van der Waals surface area (Å²) in [5.41, 5.74) is 0.281. The fraction of sp³-hybridized carbons (Fsp3) is 0.312. The molecule has 0 saturated heterocycles. The van der Waals surface area contributed by atoms with Gasteiger partial charge in [0.2, 0.25) is 0 Å². The minimum atomic E-state index is -3.66. The number of halogens is 2. The molecule has 3 aromatic rings. The highest BCUT2D eigenvalue weighted by molar-refractivity contribution is 5.70. The van der Waals surface area contributed by atoms with E-state index >= 15 is 0 Å². The highest BCUT2D eigenvalue weighted by atomic mass is 19.3. The van der Waals surface area contributed by atoms with Crippen LogP contribution in [0.1, 0.15) is 0 Å². The lowest BCUT2D eigenvalue weighted by Gasteiger charge is -2.09. The minimum Gasteiger partial charge on any atom is -0.395 e. The molecule has 142 valence electrons. The maximum Gasteiger partial charge on any atom is 0.586 e. The molecule has 27 heavy (non-hydrogen) atoms. The third-order valence-electron chi connectivity index (χ3n) is 4.30. The molecule has 0 aliphatic carbocycles. The Morgan fingerprint density at radius 3 is 2.67 bits per heavy atom. The molecule has 0 amide bonds. The number of alkyl halides is 2. The maximum absolute atomic E-state index is 13.1. The number of hydrogen-bond donors (Lipinski definition) is 1. The monoisotopic (exact) mass is 379 g/mol. The van der Waals surface area contributed by atoms with Crippen LogP contribution in [0.3, 0.4) is 0 Å². The average Bonchev–Trinajstić information content (AvgIpc) is 3.17. The fourth-order valence-corrected chi connectivity index (χ4v) is 2.95. The molecule has 0 radical (unpaired) electrons. The number of ether oxygens (including phenoxy) is 2. The molecule has 3 heterocycles. The van der Waals surface area contributed by atoms with E-state index in [-0.39, 0.29) is 11.5 Å². The van der Waals surface area contributed by atoms with Gasteiger partial charge in [0.25, 0.3) is 5.56 Å². The molecule has 11 heteroatoms. The van der Waals surface area contributed by atoms with Crippen molar-refractivity contribution in [1.82, 2.24) is 18.7 Å². The number of nitrogens with zero attached hydrogens (tertiary/aromatic N) is 4. The van der Waals surface area contributed by atoms with Crippen LogP contribution in [-0.4, -0.2) is 31.5 Å². The summed E-state index contributed by atoms with van der Waals surface area (Å²) in [4.78, 5) is 28.4. The lowest BCUT2D eigenvalue weighted by Crippen LogP contribution is -2.37. The van der Waals surface area contributed by atoms with Crippen molar-refractivity contribution < 1.29 is 18.3 Å². The van der Waals surface area contributed by atoms with Gasteiger partial charge in [0, 0.05) is 38.9 Å². The molecule has 1 aromatic carbocycles. The molecular formula is C16H15F2N5O4. The average molecular weight is 379 g/mol. The Morgan fingerprint density at radius 1 is 1.15 bits per heavy atom. The van der Waals surface area contributed by atoms with E-state index in [0.29, 0.717) is 29.9 Å². The van der Waals surface area contributed by atoms with Gasteiger partial charge in [-0.15, -0.1) is 8.78 Å². The highest BCUT2D eigenvalue weighted by Gasteiger charge is 2.43. The Hall–Kier alpha value is -3.37. The van der Waals surface area contributed by atoms with Gasteiger partial charge in [-0.25, -0.2) is 9.78 Å². The molecule has 2 aromatic heterocycles. The van der Waals surface area contributed by atoms with Crippen molar-refractivity contribution in [2.75, 3.05) is 11.9 Å². The quantitative estimate of drug-likeness (QED) is 0.723. The van der Waals surface area contributed by atoms with Crippen LogP contribution in [0.2, 0.25) is 0 Å². The summed E-state index contributed by atoms with van der Waals surface area (Å²) in [6, 6.07) is 4.38. The van der Waals surface area contributed by atoms with E-state index < -0.39 is 17.5 Å². The van der Waals surface area contributed by atoms with Crippen molar-refractivity contribution in [3.63, 3.8) is 0 Å². The second-order valence-corrected chi connectivity index (χ2v) is 6.07. The van der Waals surface area contributed by atoms with Crippen LogP contribution >= 0.6 is 0 Å². The normalized spacial score (nSPS) is 14.7. The Morgan fingerprint density at radius 2 is 1.89 bits per heavy atom. The van der Waals surface area contributed by atoms with E-state index in [2.05, 4.69) is 19.8 Å². The first-order chi connectivity index (χ1) is 12.8. The van der Waals surface area contributed by atoms with Crippen LogP contribution in [-0.2, 0) is 20.6 Å². The van der Waals surface area contributed by atoms with Crippen LogP contribution in [0, 0.1) is 0 Å². The molecule has 1 N–H and O–H groups in total. The second kappa shape index (κ2) is 5.83. The number of anilines is 1. The van der Waals surface area contributed by atoms with Crippen LogP contribution in [0.25, 0.3) is 11.2 Å². The van der Waals surface area contributed by atoms with Gasteiger partial charge >= 0.3 is 12.0 Å². The first kappa shape index (κ1) is 17.1. The summed E-state index contributed by atoms with van der Waals surface area (Å²) in [6.07, 6.45) is -2.18. The summed E-state index contributed by atoms with van der Waals surface area (Å²) in [6.45, 7) is 0.752. The molecule has 0 fully saturated rings. The number of aromatic nitrogens is 4. The van der Waals surface area contributed by atoms with Crippen molar-refractivity contribution >= 4 is 16.9 Å². The summed E-state index contributed by atoms with van der Waals surface area (Å²) in [7, 11) is 2.95. The Bertz CT molecular complexity index is 1160. The van der Waals surface area contributed by atoms with E-state index in [1.54, 1.807) is 17.7 Å². The van der Waals surface area contributed by atoms with E-state index in [4.69, 9.17) is 0 Å². The summed E-state index contributed by atoms with van der Waals surface area (Å²) in [5.74, 6) is -0.0856. The Kier molecular flexibility index (Phi) is 3.68. The predicted molar refractivity (Wildman–Crippen MR) is 91.3 cm³/mol. The second-order valence-electron chi connectivity index (χ2n) is 6.07. The van der Waals surface area contributed by atoms with Gasteiger partial charge in [-0.2, -0.15) is 0 Å². The van der Waals surface area contributed by atoms with E-state index in [1.807, 2.05) is 0 Å². The molecule has 0 unspecified atom stereocenters. The maximum atomic E-state index is 13.1. The molecule has 4 rings (SSSR count). The Labute approximate surface area is 150 Å². The Balaban J connectivity index is 1.53. The standard InChI is InChI=1S/C16H15F2N5O4/c1-21-13-12(14(24)22(2)15(21)25)23(8-20-13)6-5-19-9-3-4-10-11(7-9)27-16(17,18)26-10/h3-4,7-8,19H,5-6H2,1-2H3. The fourth-order valence-electron chi connectivity index (χ4n) is 2.95. The molecular weight excluding hydrogens is 364 g/mol. The highest BCUT2D eigenvalue weighted by Crippen LogP contribution is 2.42. The number of imidazole rings is 1. The minimum absolute atomic E-state index is 0.0319. The molecule has 0 atom stereocenters. The molecule has 0 spiro atoms. The van der Waals surface area contributed by atoms with Crippen molar-refractivity contribution in [2.45, 2.75) is 12.8 Å². The van der Waals surface area contributed by atoms with Gasteiger partial charge in [0.1, 0.15) is 0 Å². The van der Waals surface area contributed by atoms with Crippen LogP contribution in [0.4, 0.5) is 14.5 Å². The van der Waals surface area contributed by atoms with Crippen LogP contribution in [0.15, 0.2) is 34.1 Å². The molecule has 0 bridgehead atoms. The summed E-state index contributed by atoms with van der Waals surface area (Å²) >= 11 is 0. The number of benzene rings is 1. The molecule has 0 saturated carbocycles. The zero-order valence-electron chi connectivity index (χ0n) is 14.4.